The van der Waals surface area contributed by atoms with Gasteiger partial charge in [-0.1, -0.05) is 0 Å². The van der Waals surface area contributed by atoms with E-state index in [0.29, 0.717) is 17.5 Å². The molecule has 0 bridgehead atoms. The predicted octanol–water partition coefficient (Wildman–Crippen LogP) is 0.873. The van der Waals surface area contributed by atoms with Crippen molar-refractivity contribution in [3.63, 3.8) is 0 Å². The van der Waals surface area contributed by atoms with Crippen LogP contribution >= 0.6 is 0 Å². The van der Waals surface area contributed by atoms with Crippen LogP contribution in [-0.2, 0) is 0 Å². The lowest BCUT2D eigenvalue weighted by atomic mass is 10.0. The number of aromatic nitrogens is 4. The largest absolute Gasteiger partial charge is 0.354 e. The number of H-pyrrole nitrogens is 1. The Bertz CT molecular complexity index is 756. The smallest absolute Gasteiger partial charge is 0.272 e. The van der Waals surface area contributed by atoms with Gasteiger partial charge < -0.3 is 15.1 Å². The van der Waals surface area contributed by atoms with Crippen molar-refractivity contribution in [3.05, 3.63) is 36.0 Å². The third kappa shape index (κ3) is 3.70. The zero-order valence-corrected chi connectivity index (χ0v) is 15.2. The minimum Gasteiger partial charge on any atom is -0.354 e. The number of anilines is 1. The van der Waals surface area contributed by atoms with Gasteiger partial charge in [0.15, 0.2) is 0 Å². The van der Waals surface area contributed by atoms with E-state index in [1.165, 1.54) is 12.8 Å². The number of hydrogen-bond donors (Lipinski definition) is 2. The van der Waals surface area contributed by atoms with Crippen LogP contribution in [0.3, 0.4) is 0 Å². The lowest BCUT2D eigenvalue weighted by Crippen LogP contribution is -2.43. The molecule has 1 saturated carbocycles. The number of aromatic amines is 1. The van der Waals surface area contributed by atoms with Crippen LogP contribution in [0.4, 0.5) is 5.82 Å². The summed E-state index contributed by atoms with van der Waals surface area (Å²) in [5, 5.41) is 10.4. The molecule has 0 unspecified atom stereocenters. The maximum Gasteiger partial charge on any atom is 0.272 e. The summed E-state index contributed by atoms with van der Waals surface area (Å²) in [7, 11) is 4.11. The first-order valence-corrected chi connectivity index (χ1v) is 9.12. The van der Waals surface area contributed by atoms with Crippen molar-refractivity contribution in [3.8, 4) is 0 Å². The summed E-state index contributed by atoms with van der Waals surface area (Å²) in [5.74, 6) is 1.68. The highest BCUT2D eigenvalue weighted by Crippen LogP contribution is 2.39. The zero-order chi connectivity index (χ0) is 18.1. The number of nitrogens with one attached hydrogen (secondary N) is 2. The van der Waals surface area contributed by atoms with Gasteiger partial charge in [-0.05, 0) is 39.1 Å². The van der Waals surface area contributed by atoms with Crippen molar-refractivity contribution < 1.29 is 4.79 Å². The molecule has 8 heteroatoms. The number of hydrogen-bond acceptors (Lipinski definition) is 6. The Labute approximate surface area is 153 Å². The molecule has 1 aliphatic carbocycles. The van der Waals surface area contributed by atoms with E-state index in [1.54, 1.807) is 12.5 Å². The van der Waals surface area contributed by atoms with Crippen molar-refractivity contribution >= 4 is 11.7 Å². The third-order valence-corrected chi connectivity index (χ3v) is 5.09. The fourth-order valence-electron chi connectivity index (χ4n) is 3.65. The molecule has 2 atom stereocenters. The van der Waals surface area contributed by atoms with Crippen molar-refractivity contribution in [2.24, 2.45) is 5.92 Å². The Morgan fingerprint density at radius 3 is 2.92 bits per heavy atom. The van der Waals surface area contributed by atoms with Crippen LogP contribution in [-0.4, -0.2) is 70.7 Å². The fourth-order valence-corrected chi connectivity index (χ4v) is 3.65. The lowest BCUT2D eigenvalue weighted by Gasteiger charge is -2.22. The maximum atomic E-state index is 12.7. The Balaban J connectivity index is 1.45. The van der Waals surface area contributed by atoms with Crippen LogP contribution in [0.5, 0.6) is 0 Å². The molecule has 0 radical (unpaired) electrons. The standard InChI is InChI=1S/C18H25N7O/c1-24(2)8-13-9-25(17-5-6-19-11-20-17)10-16(13)21-18(26)15-7-14(22-23-15)12-3-4-12/h5-7,11-13,16H,3-4,8-10H2,1-2H3,(H,21,26)(H,22,23)/t13-,16-/m1/s1. The Hall–Kier alpha value is -2.48. The van der Waals surface area contributed by atoms with Gasteiger partial charge in [0, 0.05) is 43.4 Å². The monoisotopic (exact) mass is 355 g/mol. The molecule has 8 nitrogen and oxygen atoms in total. The number of carbonyl (C=O) groups excluding carboxylic acids is 1. The van der Waals surface area contributed by atoms with Crippen LogP contribution in [0.25, 0.3) is 0 Å². The molecule has 2 N–H and O–H groups in total. The molecule has 1 saturated heterocycles. The molecule has 1 amide bonds. The molecule has 3 heterocycles. The maximum absolute atomic E-state index is 12.7. The van der Waals surface area contributed by atoms with E-state index in [2.05, 4.69) is 49.4 Å². The van der Waals surface area contributed by atoms with E-state index in [0.717, 1.165) is 31.1 Å². The highest BCUT2D eigenvalue weighted by atomic mass is 16.2. The van der Waals surface area contributed by atoms with Crippen LogP contribution in [0, 0.1) is 5.92 Å². The molecular formula is C18H25N7O. The highest BCUT2D eigenvalue weighted by molar-refractivity contribution is 5.92. The summed E-state index contributed by atoms with van der Waals surface area (Å²) in [4.78, 5) is 25.4. The third-order valence-electron chi connectivity index (χ3n) is 5.09. The molecule has 0 spiro atoms. The Kier molecular flexibility index (Phi) is 4.58. The van der Waals surface area contributed by atoms with Crippen molar-refractivity contribution in [1.82, 2.24) is 30.4 Å². The minimum atomic E-state index is -0.105. The second-order valence-electron chi connectivity index (χ2n) is 7.56. The van der Waals surface area contributed by atoms with Gasteiger partial charge in [0.1, 0.15) is 17.8 Å². The van der Waals surface area contributed by atoms with Gasteiger partial charge in [-0.25, -0.2) is 9.97 Å². The van der Waals surface area contributed by atoms with Crippen LogP contribution in [0.1, 0.15) is 34.9 Å². The van der Waals surface area contributed by atoms with Gasteiger partial charge in [-0.3, -0.25) is 9.89 Å². The van der Waals surface area contributed by atoms with Gasteiger partial charge in [0.25, 0.3) is 5.91 Å². The second kappa shape index (κ2) is 7.03. The first-order chi connectivity index (χ1) is 12.6. The van der Waals surface area contributed by atoms with Gasteiger partial charge in [0.2, 0.25) is 0 Å². The van der Waals surface area contributed by atoms with E-state index in [-0.39, 0.29) is 11.9 Å². The van der Waals surface area contributed by atoms with Crippen molar-refractivity contribution in [2.75, 3.05) is 38.6 Å². The van der Waals surface area contributed by atoms with E-state index in [4.69, 9.17) is 0 Å². The zero-order valence-electron chi connectivity index (χ0n) is 15.2. The molecule has 2 fully saturated rings. The predicted molar refractivity (Wildman–Crippen MR) is 98.1 cm³/mol. The fraction of sp³-hybridized carbons (Fsp3) is 0.556. The molecule has 4 rings (SSSR count). The van der Waals surface area contributed by atoms with Crippen molar-refractivity contribution in [1.29, 1.82) is 0 Å². The number of rotatable bonds is 6. The van der Waals surface area contributed by atoms with Gasteiger partial charge in [-0.15, -0.1) is 0 Å². The molecule has 26 heavy (non-hydrogen) atoms. The highest BCUT2D eigenvalue weighted by Gasteiger charge is 2.35. The molecule has 2 aromatic heterocycles. The summed E-state index contributed by atoms with van der Waals surface area (Å²) in [6.45, 7) is 2.50. The first-order valence-electron chi connectivity index (χ1n) is 9.12. The molecule has 1 aliphatic heterocycles. The molecule has 2 aromatic rings. The minimum absolute atomic E-state index is 0.0564. The summed E-state index contributed by atoms with van der Waals surface area (Å²) in [5.41, 5.74) is 1.56. The van der Waals surface area contributed by atoms with Crippen LogP contribution in [0.15, 0.2) is 24.7 Å². The number of nitrogens with zero attached hydrogens (tertiary/aromatic N) is 5. The van der Waals surface area contributed by atoms with E-state index < -0.39 is 0 Å². The van der Waals surface area contributed by atoms with E-state index in [9.17, 15) is 4.79 Å². The molecule has 138 valence electrons. The van der Waals surface area contributed by atoms with Crippen LogP contribution in [0.2, 0.25) is 0 Å². The van der Waals surface area contributed by atoms with Gasteiger partial charge in [0.05, 0.1) is 6.04 Å². The summed E-state index contributed by atoms with van der Waals surface area (Å²) >= 11 is 0. The Morgan fingerprint density at radius 2 is 2.23 bits per heavy atom. The number of amides is 1. The van der Waals surface area contributed by atoms with Gasteiger partial charge >= 0.3 is 0 Å². The van der Waals surface area contributed by atoms with E-state index >= 15 is 0 Å². The molecule has 2 aliphatic rings. The van der Waals surface area contributed by atoms with Crippen molar-refractivity contribution in [2.45, 2.75) is 24.8 Å². The summed E-state index contributed by atoms with van der Waals surface area (Å²) in [6.07, 6.45) is 5.68. The van der Waals surface area contributed by atoms with Gasteiger partial charge in [-0.2, -0.15) is 5.10 Å². The normalized spacial score (nSPS) is 22.8. The second-order valence-corrected chi connectivity index (χ2v) is 7.56. The van der Waals surface area contributed by atoms with E-state index in [1.807, 2.05) is 12.1 Å². The average molecular weight is 355 g/mol. The quantitative estimate of drug-likeness (QED) is 0.799. The first kappa shape index (κ1) is 17.0. The average Bonchev–Trinajstić information content (AvgIpc) is 3.23. The number of carbonyl (C=O) groups is 1. The van der Waals surface area contributed by atoms with Crippen LogP contribution < -0.4 is 10.2 Å². The summed E-state index contributed by atoms with van der Waals surface area (Å²) < 4.78 is 0. The molecular weight excluding hydrogens is 330 g/mol. The Morgan fingerprint density at radius 1 is 1.38 bits per heavy atom. The SMILES string of the molecule is CN(C)C[C@@H]1CN(c2ccncn2)C[C@H]1NC(=O)c1cc(C2CC2)[nH]n1. The molecule has 0 aromatic carbocycles. The topological polar surface area (TPSA) is 90.0 Å². The summed E-state index contributed by atoms with van der Waals surface area (Å²) in [6, 6.07) is 3.86. The lowest BCUT2D eigenvalue weighted by molar-refractivity contribution is 0.0923.